The normalized spacial score (nSPS) is 13.6. The number of anilines is 1. The number of nitro benzene ring substituents is 1. The Kier molecular flexibility index (Phi) is 5.86. The Labute approximate surface area is 159 Å². The lowest BCUT2D eigenvalue weighted by atomic mass is 10.1. The molecule has 6 nitrogen and oxygen atoms in total. The highest BCUT2D eigenvalue weighted by atomic mass is 16.6. The molecule has 0 spiro atoms. The molecule has 2 aromatic carbocycles. The van der Waals surface area contributed by atoms with Crippen molar-refractivity contribution in [2.24, 2.45) is 0 Å². The van der Waals surface area contributed by atoms with Gasteiger partial charge in [0.15, 0.2) is 0 Å². The fraction of sp³-hybridized carbons (Fsp3) is 0.381. The van der Waals surface area contributed by atoms with Gasteiger partial charge in [-0.25, -0.2) is 0 Å². The topological polar surface area (TPSA) is 75.5 Å². The van der Waals surface area contributed by atoms with Gasteiger partial charge in [-0.05, 0) is 38.3 Å². The minimum absolute atomic E-state index is 0.0202. The van der Waals surface area contributed by atoms with Crippen molar-refractivity contribution in [3.05, 3.63) is 69.3 Å². The molecule has 3 rings (SSSR count). The van der Waals surface area contributed by atoms with Crippen LogP contribution in [0.2, 0.25) is 0 Å². The van der Waals surface area contributed by atoms with Crippen LogP contribution in [0.15, 0.2) is 42.5 Å². The summed E-state index contributed by atoms with van der Waals surface area (Å²) >= 11 is 0. The Hall–Kier alpha value is -2.73. The molecule has 0 radical (unpaired) electrons. The van der Waals surface area contributed by atoms with Crippen molar-refractivity contribution in [1.29, 1.82) is 0 Å². The van der Waals surface area contributed by atoms with E-state index < -0.39 is 4.92 Å². The number of hydrogen-bond donors (Lipinski definition) is 1. The van der Waals surface area contributed by atoms with Gasteiger partial charge in [-0.3, -0.25) is 19.8 Å². The SMILES string of the molecule is Cc1ccc(CN(CCC(=O)Nc2cccc([N+](=O)[O-])c2C)C2CC2)cc1. The molecule has 27 heavy (non-hydrogen) atoms. The van der Waals surface area contributed by atoms with E-state index >= 15 is 0 Å². The van der Waals surface area contributed by atoms with Gasteiger partial charge < -0.3 is 5.32 Å². The number of rotatable bonds is 8. The summed E-state index contributed by atoms with van der Waals surface area (Å²) in [7, 11) is 0. The van der Waals surface area contributed by atoms with E-state index in [9.17, 15) is 14.9 Å². The lowest BCUT2D eigenvalue weighted by Crippen LogP contribution is -2.29. The number of hydrogen-bond acceptors (Lipinski definition) is 4. The number of nitrogens with one attached hydrogen (secondary N) is 1. The standard InChI is InChI=1S/C21H25N3O3/c1-15-6-8-17(9-7-15)14-23(18-10-11-18)13-12-21(25)22-19-4-3-5-20(16(19)2)24(26)27/h3-9,18H,10-14H2,1-2H3,(H,22,25). The molecule has 1 aliphatic carbocycles. The first-order valence-corrected chi connectivity index (χ1v) is 9.27. The lowest BCUT2D eigenvalue weighted by Gasteiger charge is -2.22. The van der Waals surface area contributed by atoms with Crippen LogP contribution in [0.1, 0.15) is 36.0 Å². The van der Waals surface area contributed by atoms with Crippen LogP contribution in [-0.4, -0.2) is 28.3 Å². The zero-order chi connectivity index (χ0) is 19.4. The summed E-state index contributed by atoms with van der Waals surface area (Å²) in [5, 5.41) is 13.9. The van der Waals surface area contributed by atoms with E-state index in [4.69, 9.17) is 0 Å². The van der Waals surface area contributed by atoms with E-state index in [0.29, 0.717) is 30.3 Å². The maximum atomic E-state index is 12.4. The smallest absolute Gasteiger partial charge is 0.274 e. The van der Waals surface area contributed by atoms with Gasteiger partial charge in [0.2, 0.25) is 5.91 Å². The van der Waals surface area contributed by atoms with Crippen LogP contribution in [0.5, 0.6) is 0 Å². The summed E-state index contributed by atoms with van der Waals surface area (Å²) in [6.07, 6.45) is 2.72. The molecule has 0 saturated heterocycles. The van der Waals surface area contributed by atoms with Crippen molar-refractivity contribution < 1.29 is 9.72 Å². The fourth-order valence-corrected chi connectivity index (χ4v) is 3.17. The summed E-state index contributed by atoms with van der Waals surface area (Å²) in [6, 6.07) is 13.8. The van der Waals surface area contributed by atoms with Crippen LogP contribution in [0, 0.1) is 24.0 Å². The Morgan fingerprint density at radius 1 is 1.19 bits per heavy atom. The van der Waals surface area contributed by atoms with Gasteiger partial charge in [-0.15, -0.1) is 0 Å². The molecule has 1 amide bonds. The Morgan fingerprint density at radius 3 is 2.52 bits per heavy atom. The molecule has 142 valence electrons. The number of nitrogens with zero attached hydrogens (tertiary/aromatic N) is 2. The zero-order valence-electron chi connectivity index (χ0n) is 15.8. The van der Waals surface area contributed by atoms with Crippen LogP contribution in [0.25, 0.3) is 0 Å². The van der Waals surface area contributed by atoms with Crippen molar-refractivity contribution in [2.75, 3.05) is 11.9 Å². The highest BCUT2D eigenvalue weighted by Gasteiger charge is 2.29. The predicted molar refractivity (Wildman–Crippen MR) is 106 cm³/mol. The second kappa shape index (κ2) is 8.31. The minimum Gasteiger partial charge on any atom is -0.326 e. The maximum absolute atomic E-state index is 12.4. The second-order valence-corrected chi connectivity index (χ2v) is 7.19. The monoisotopic (exact) mass is 367 g/mol. The number of amides is 1. The van der Waals surface area contributed by atoms with Crippen molar-refractivity contribution in [3.8, 4) is 0 Å². The van der Waals surface area contributed by atoms with Crippen molar-refractivity contribution >= 4 is 17.3 Å². The van der Waals surface area contributed by atoms with Crippen molar-refractivity contribution in [1.82, 2.24) is 4.90 Å². The average Bonchev–Trinajstić information content (AvgIpc) is 3.47. The molecule has 0 aromatic heterocycles. The van der Waals surface area contributed by atoms with E-state index in [2.05, 4.69) is 41.4 Å². The molecule has 1 saturated carbocycles. The first kappa shape index (κ1) is 19.0. The third kappa shape index (κ3) is 5.14. The minimum atomic E-state index is -0.429. The van der Waals surface area contributed by atoms with Gasteiger partial charge in [-0.2, -0.15) is 0 Å². The van der Waals surface area contributed by atoms with Gasteiger partial charge in [0.25, 0.3) is 5.69 Å². The Bertz CT molecular complexity index is 829. The first-order valence-electron chi connectivity index (χ1n) is 9.27. The number of carbonyl (C=O) groups is 1. The van der Waals surface area contributed by atoms with Crippen molar-refractivity contribution in [2.45, 2.75) is 45.7 Å². The zero-order valence-corrected chi connectivity index (χ0v) is 15.8. The molecule has 6 heteroatoms. The molecule has 0 atom stereocenters. The van der Waals surface area contributed by atoms with Gasteiger partial charge >= 0.3 is 0 Å². The molecule has 0 heterocycles. The number of nitro groups is 1. The van der Waals surface area contributed by atoms with Crippen LogP contribution in [0.4, 0.5) is 11.4 Å². The second-order valence-electron chi connectivity index (χ2n) is 7.19. The number of aryl methyl sites for hydroxylation is 1. The highest BCUT2D eigenvalue weighted by molar-refractivity contribution is 5.92. The molecule has 2 aromatic rings. The van der Waals surface area contributed by atoms with Gasteiger partial charge in [0, 0.05) is 31.6 Å². The molecule has 1 N–H and O–H groups in total. The quantitative estimate of drug-likeness (QED) is 0.560. The Morgan fingerprint density at radius 2 is 1.89 bits per heavy atom. The molecule has 1 aliphatic rings. The maximum Gasteiger partial charge on any atom is 0.274 e. The van der Waals surface area contributed by atoms with E-state index in [0.717, 1.165) is 6.54 Å². The van der Waals surface area contributed by atoms with E-state index in [1.165, 1.54) is 30.0 Å². The lowest BCUT2D eigenvalue weighted by molar-refractivity contribution is -0.385. The average molecular weight is 367 g/mol. The molecular weight excluding hydrogens is 342 g/mol. The van der Waals surface area contributed by atoms with Gasteiger partial charge in [-0.1, -0.05) is 35.9 Å². The van der Waals surface area contributed by atoms with Crippen LogP contribution >= 0.6 is 0 Å². The van der Waals surface area contributed by atoms with E-state index in [1.807, 2.05) is 0 Å². The summed E-state index contributed by atoms with van der Waals surface area (Å²) in [4.78, 5) is 25.3. The molecule has 1 fully saturated rings. The van der Waals surface area contributed by atoms with Crippen LogP contribution in [-0.2, 0) is 11.3 Å². The molecule has 0 unspecified atom stereocenters. The largest absolute Gasteiger partial charge is 0.326 e. The van der Waals surface area contributed by atoms with Gasteiger partial charge in [0.1, 0.15) is 0 Å². The molecular formula is C21H25N3O3. The first-order chi connectivity index (χ1) is 12.9. The van der Waals surface area contributed by atoms with Crippen LogP contribution in [0.3, 0.4) is 0 Å². The third-order valence-electron chi connectivity index (χ3n) is 4.97. The third-order valence-corrected chi connectivity index (χ3v) is 4.97. The molecule has 0 bridgehead atoms. The van der Waals surface area contributed by atoms with E-state index in [-0.39, 0.29) is 11.6 Å². The summed E-state index contributed by atoms with van der Waals surface area (Å²) < 4.78 is 0. The Balaban J connectivity index is 1.58. The van der Waals surface area contributed by atoms with E-state index in [1.54, 1.807) is 19.1 Å². The predicted octanol–water partition coefficient (Wildman–Crippen LogP) is 4.20. The summed E-state index contributed by atoms with van der Waals surface area (Å²) in [6.45, 7) is 5.25. The van der Waals surface area contributed by atoms with Crippen molar-refractivity contribution in [3.63, 3.8) is 0 Å². The number of benzene rings is 2. The van der Waals surface area contributed by atoms with Gasteiger partial charge in [0.05, 0.1) is 16.2 Å². The molecule has 0 aliphatic heterocycles. The number of carbonyl (C=O) groups excluding carboxylic acids is 1. The summed E-state index contributed by atoms with van der Waals surface area (Å²) in [5.74, 6) is -0.117. The highest BCUT2D eigenvalue weighted by Crippen LogP contribution is 2.29. The van der Waals surface area contributed by atoms with Crippen LogP contribution < -0.4 is 5.32 Å². The summed E-state index contributed by atoms with van der Waals surface area (Å²) in [5.41, 5.74) is 3.50. The fourth-order valence-electron chi connectivity index (χ4n) is 3.17.